The molecule has 1 aromatic heterocycles. The van der Waals surface area contributed by atoms with Gasteiger partial charge in [0.2, 0.25) is 5.91 Å². The molecule has 3 rings (SSSR count). The first-order valence-electron chi connectivity index (χ1n) is 9.49. The number of benzene rings is 2. The van der Waals surface area contributed by atoms with E-state index in [-0.39, 0.29) is 24.7 Å². The third kappa shape index (κ3) is 5.18. The van der Waals surface area contributed by atoms with Crippen molar-refractivity contribution < 1.29 is 28.2 Å². The van der Waals surface area contributed by atoms with Crippen molar-refractivity contribution in [3.63, 3.8) is 0 Å². The number of carbonyl (C=O) groups is 3. The molecule has 31 heavy (non-hydrogen) atoms. The Morgan fingerprint density at radius 3 is 2.61 bits per heavy atom. The van der Waals surface area contributed by atoms with E-state index < -0.39 is 11.8 Å². The molecule has 7 nitrogen and oxygen atoms in total. The summed E-state index contributed by atoms with van der Waals surface area (Å²) in [5, 5.41) is 7.05. The minimum Gasteiger partial charge on any atom is -0.493 e. The van der Waals surface area contributed by atoms with Gasteiger partial charge in [0.25, 0.3) is 5.91 Å². The lowest BCUT2D eigenvalue weighted by Crippen LogP contribution is -2.39. The predicted molar refractivity (Wildman–Crippen MR) is 116 cm³/mol. The van der Waals surface area contributed by atoms with E-state index in [1.54, 1.807) is 23.6 Å². The second kappa shape index (κ2) is 10.0. The van der Waals surface area contributed by atoms with Gasteiger partial charge in [0, 0.05) is 21.9 Å². The Hall–Kier alpha value is -3.46. The number of ketones is 1. The van der Waals surface area contributed by atoms with E-state index in [9.17, 15) is 18.8 Å². The summed E-state index contributed by atoms with van der Waals surface area (Å²) in [6.45, 7) is 1.73. The number of fused-ring (bicyclic) bond motifs is 1. The maximum atomic E-state index is 13.8. The van der Waals surface area contributed by atoms with Gasteiger partial charge in [-0.1, -0.05) is 12.1 Å². The molecule has 0 aliphatic carbocycles. The van der Waals surface area contributed by atoms with Crippen LogP contribution in [0, 0.1) is 5.82 Å². The van der Waals surface area contributed by atoms with Gasteiger partial charge in [0.15, 0.2) is 17.3 Å². The topological polar surface area (TPSA) is 93.7 Å². The predicted octanol–water partition coefficient (Wildman–Crippen LogP) is 3.18. The number of halogens is 1. The Kier molecular flexibility index (Phi) is 7.19. The zero-order valence-electron chi connectivity index (χ0n) is 17.0. The highest BCUT2D eigenvalue weighted by Gasteiger charge is 2.16. The van der Waals surface area contributed by atoms with Crippen molar-refractivity contribution in [3.8, 4) is 11.5 Å². The van der Waals surface area contributed by atoms with E-state index in [4.69, 9.17) is 9.47 Å². The molecular weight excluding hydrogens is 423 g/mol. The number of amides is 2. The third-order valence-corrected chi connectivity index (χ3v) is 5.44. The largest absolute Gasteiger partial charge is 0.493 e. The van der Waals surface area contributed by atoms with Gasteiger partial charge in [-0.3, -0.25) is 14.4 Å². The van der Waals surface area contributed by atoms with Crippen LogP contribution in [-0.2, 0) is 4.79 Å². The Balaban J connectivity index is 1.53. The standard InChI is InChI=1S/C22H21FN2O5S/c1-3-30-18-8-7-13(9-19(18)29-2)22(28)25-11-20(27)24-10-17(26)15-12-31-21-14(15)5-4-6-16(21)23/h4-9,12H,3,10-11H2,1-2H3,(H,24,27)(H,25,28). The third-order valence-electron chi connectivity index (χ3n) is 4.43. The monoisotopic (exact) mass is 444 g/mol. The van der Waals surface area contributed by atoms with E-state index in [0.29, 0.717) is 39.3 Å². The average molecular weight is 444 g/mol. The molecular formula is C22H21FN2O5S. The van der Waals surface area contributed by atoms with E-state index in [1.807, 2.05) is 6.92 Å². The quantitative estimate of drug-likeness (QED) is 0.495. The lowest BCUT2D eigenvalue weighted by atomic mass is 10.1. The first-order chi connectivity index (χ1) is 14.9. The van der Waals surface area contributed by atoms with Crippen LogP contribution in [-0.4, -0.2) is 44.4 Å². The summed E-state index contributed by atoms with van der Waals surface area (Å²) < 4.78 is 24.8. The Bertz CT molecular complexity index is 1130. The SMILES string of the molecule is CCOc1ccc(C(=O)NCC(=O)NCC(=O)c2csc3c(F)cccc23)cc1OC. The number of methoxy groups -OCH3 is 1. The summed E-state index contributed by atoms with van der Waals surface area (Å²) >= 11 is 1.14. The molecule has 0 saturated heterocycles. The molecule has 2 aromatic carbocycles. The van der Waals surface area contributed by atoms with Gasteiger partial charge in [-0.25, -0.2) is 4.39 Å². The highest BCUT2D eigenvalue weighted by molar-refractivity contribution is 7.17. The molecule has 0 aliphatic rings. The average Bonchev–Trinajstić information content (AvgIpc) is 3.22. The van der Waals surface area contributed by atoms with Gasteiger partial charge in [-0.05, 0) is 31.2 Å². The van der Waals surface area contributed by atoms with Crippen LogP contribution in [0.25, 0.3) is 10.1 Å². The van der Waals surface area contributed by atoms with Crippen LogP contribution in [0.3, 0.4) is 0 Å². The second-order valence-corrected chi connectivity index (χ2v) is 7.33. The van der Waals surface area contributed by atoms with Crippen molar-refractivity contribution in [3.05, 3.63) is 58.7 Å². The van der Waals surface area contributed by atoms with Crippen LogP contribution >= 0.6 is 11.3 Å². The maximum Gasteiger partial charge on any atom is 0.251 e. The number of hydrogen-bond donors (Lipinski definition) is 2. The molecule has 9 heteroatoms. The van der Waals surface area contributed by atoms with Gasteiger partial charge in [-0.2, -0.15) is 0 Å². The van der Waals surface area contributed by atoms with Crippen molar-refractivity contribution in [2.45, 2.75) is 6.92 Å². The summed E-state index contributed by atoms with van der Waals surface area (Å²) in [5.41, 5.74) is 0.654. The summed E-state index contributed by atoms with van der Waals surface area (Å²) in [6, 6.07) is 9.22. The Morgan fingerprint density at radius 1 is 1.06 bits per heavy atom. The molecule has 2 amide bonds. The Morgan fingerprint density at radius 2 is 1.87 bits per heavy atom. The molecule has 0 unspecified atom stereocenters. The number of rotatable bonds is 9. The molecule has 0 saturated carbocycles. The molecule has 0 spiro atoms. The van der Waals surface area contributed by atoms with Crippen molar-refractivity contribution in [1.29, 1.82) is 0 Å². The molecule has 0 atom stereocenters. The van der Waals surface area contributed by atoms with Crippen molar-refractivity contribution in [2.24, 2.45) is 0 Å². The van der Waals surface area contributed by atoms with Crippen LogP contribution in [0.1, 0.15) is 27.6 Å². The molecule has 0 bridgehead atoms. The van der Waals surface area contributed by atoms with E-state index in [1.165, 1.54) is 25.3 Å². The highest BCUT2D eigenvalue weighted by Crippen LogP contribution is 2.29. The van der Waals surface area contributed by atoms with Gasteiger partial charge >= 0.3 is 0 Å². The molecule has 2 N–H and O–H groups in total. The number of thiophene rings is 1. The van der Waals surface area contributed by atoms with E-state index >= 15 is 0 Å². The number of carbonyl (C=O) groups excluding carboxylic acids is 3. The lowest BCUT2D eigenvalue weighted by Gasteiger charge is -2.11. The van der Waals surface area contributed by atoms with Crippen LogP contribution in [0.4, 0.5) is 4.39 Å². The Labute approximate surface area is 182 Å². The molecule has 0 radical (unpaired) electrons. The fourth-order valence-electron chi connectivity index (χ4n) is 2.92. The van der Waals surface area contributed by atoms with Gasteiger partial charge in [-0.15, -0.1) is 11.3 Å². The van der Waals surface area contributed by atoms with Crippen molar-refractivity contribution in [1.82, 2.24) is 10.6 Å². The second-order valence-electron chi connectivity index (χ2n) is 6.45. The number of Topliss-reactive ketones (excluding diaryl/α,β-unsaturated/α-hetero) is 1. The molecule has 0 fully saturated rings. The van der Waals surface area contributed by atoms with Gasteiger partial charge < -0.3 is 20.1 Å². The fraction of sp³-hybridized carbons (Fsp3) is 0.227. The van der Waals surface area contributed by atoms with Gasteiger partial charge in [0.1, 0.15) is 5.82 Å². The summed E-state index contributed by atoms with van der Waals surface area (Å²) in [7, 11) is 1.47. The number of ether oxygens (including phenoxy) is 2. The molecule has 162 valence electrons. The highest BCUT2D eigenvalue weighted by atomic mass is 32.1. The van der Waals surface area contributed by atoms with E-state index in [2.05, 4.69) is 10.6 Å². The zero-order valence-corrected chi connectivity index (χ0v) is 17.8. The van der Waals surface area contributed by atoms with Crippen molar-refractivity contribution in [2.75, 3.05) is 26.8 Å². The molecule has 3 aromatic rings. The first kappa shape index (κ1) is 22.2. The zero-order chi connectivity index (χ0) is 22.4. The minimum absolute atomic E-state index is 0.256. The van der Waals surface area contributed by atoms with Crippen LogP contribution in [0.15, 0.2) is 41.8 Å². The molecule has 1 heterocycles. The number of hydrogen-bond acceptors (Lipinski definition) is 6. The van der Waals surface area contributed by atoms with Crippen LogP contribution in [0.5, 0.6) is 11.5 Å². The fourth-order valence-corrected chi connectivity index (χ4v) is 3.90. The van der Waals surface area contributed by atoms with Crippen LogP contribution in [0.2, 0.25) is 0 Å². The maximum absolute atomic E-state index is 13.8. The van der Waals surface area contributed by atoms with Gasteiger partial charge in [0.05, 0.1) is 31.5 Å². The van der Waals surface area contributed by atoms with E-state index in [0.717, 1.165) is 11.3 Å². The minimum atomic E-state index is -0.523. The van der Waals surface area contributed by atoms with Crippen LogP contribution < -0.4 is 20.1 Å². The summed E-state index contributed by atoms with van der Waals surface area (Å²) in [4.78, 5) is 36.8. The molecule has 0 aliphatic heterocycles. The summed E-state index contributed by atoms with van der Waals surface area (Å²) in [5.74, 6) is -0.804. The normalized spacial score (nSPS) is 10.5. The smallest absolute Gasteiger partial charge is 0.251 e. The first-order valence-corrected chi connectivity index (χ1v) is 10.4. The summed E-state index contributed by atoms with van der Waals surface area (Å²) in [6.07, 6.45) is 0. The number of nitrogens with one attached hydrogen (secondary N) is 2. The van der Waals surface area contributed by atoms with Crippen molar-refractivity contribution >= 4 is 39.0 Å². The lowest BCUT2D eigenvalue weighted by molar-refractivity contribution is -0.119.